The van der Waals surface area contributed by atoms with Gasteiger partial charge in [-0.15, -0.1) is 5.10 Å². The summed E-state index contributed by atoms with van der Waals surface area (Å²) in [4.78, 5) is 5.11. The van der Waals surface area contributed by atoms with E-state index in [2.05, 4.69) is 54.2 Å². The molecular formula is C28H27F2N5. The van der Waals surface area contributed by atoms with Crippen LogP contribution in [0.3, 0.4) is 0 Å². The van der Waals surface area contributed by atoms with Crippen LogP contribution in [0.5, 0.6) is 0 Å². The number of rotatable bonds is 4. The van der Waals surface area contributed by atoms with Crippen molar-refractivity contribution in [2.24, 2.45) is 21.5 Å². The number of halogens is 2. The third kappa shape index (κ3) is 3.00. The van der Waals surface area contributed by atoms with Gasteiger partial charge in [0, 0.05) is 12.1 Å². The van der Waals surface area contributed by atoms with Crippen LogP contribution in [0.4, 0.5) is 8.78 Å². The molecule has 1 aliphatic heterocycles. The molecule has 0 spiro atoms. The van der Waals surface area contributed by atoms with E-state index in [9.17, 15) is 8.78 Å². The van der Waals surface area contributed by atoms with Crippen LogP contribution in [-0.2, 0) is 5.41 Å². The Balaban J connectivity index is 1.45. The fourth-order valence-electron chi connectivity index (χ4n) is 6.42. The molecule has 1 fully saturated rings. The summed E-state index contributed by atoms with van der Waals surface area (Å²) in [7, 11) is 0. The quantitative estimate of drug-likeness (QED) is 0.453. The molecule has 178 valence electrons. The SMILES string of the molecule is CC(C)C1=NN=C(c2cccc([C@@]34CC[C@@H](c5cc(-c6c(F)cccc6F)nnc53)C4(C)C)n2)C1. The maximum atomic E-state index is 14.5. The summed E-state index contributed by atoms with van der Waals surface area (Å²) in [6.45, 7) is 8.74. The van der Waals surface area contributed by atoms with E-state index in [-0.39, 0.29) is 22.6 Å². The number of aromatic nitrogens is 3. The van der Waals surface area contributed by atoms with Gasteiger partial charge in [0.05, 0.1) is 39.5 Å². The van der Waals surface area contributed by atoms with Crippen molar-refractivity contribution in [1.82, 2.24) is 15.2 Å². The molecule has 0 unspecified atom stereocenters. The molecular weight excluding hydrogens is 444 g/mol. The third-order valence-electron chi connectivity index (χ3n) is 8.40. The van der Waals surface area contributed by atoms with E-state index in [4.69, 9.17) is 4.98 Å². The predicted octanol–water partition coefficient (Wildman–Crippen LogP) is 6.22. The Morgan fingerprint density at radius 3 is 2.40 bits per heavy atom. The first-order valence-corrected chi connectivity index (χ1v) is 12.2. The average Bonchev–Trinajstić information content (AvgIpc) is 3.48. The van der Waals surface area contributed by atoms with E-state index >= 15 is 0 Å². The van der Waals surface area contributed by atoms with Crippen LogP contribution in [0.15, 0.2) is 52.7 Å². The van der Waals surface area contributed by atoms with Gasteiger partial charge in [-0.2, -0.15) is 15.3 Å². The van der Waals surface area contributed by atoms with Crippen LogP contribution < -0.4 is 0 Å². The van der Waals surface area contributed by atoms with Gasteiger partial charge in [-0.25, -0.2) is 8.78 Å². The summed E-state index contributed by atoms with van der Waals surface area (Å²) in [6.07, 6.45) is 2.57. The van der Waals surface area contributed by atoms with Crippen LogP contribution >= 0.6 is 0 Å². The van der Waals surface area contributed by atoms with Crippen LogP contribution in [0, 0.1) is 23.0 Å². The van der Waals surface area contributed by atoms with Gasteiger partial charge in [-0.05, 0) is 66.0 Å². The molecule has 2 aliphatic carbocycles. The van der Waals surface area contributed by atoms with E-state index in [0.29, 0.717) is 12.3 Å². The summed E-state index contributed by atoms with van der Waals surface area (Å²) >= 11 is 0. The molecule has 6 rings (SSSR count). The minimum Gasteiger partial charge on any atom is -0.250 e. The Labute approximate surface area is 203 Å². The zero-order valence-corrected chi connectivity index (χ0v) is 20.3. The second-order valence-corrected chi connectivity index (χ2v) is 10.7. The summed E-state index contributed by atoms with van der Waals surface area (Å²) in [5.74, 6) is -0.720. The Bertz CT molecular complexity index is 1400. The van der Waals surface area contributed by atoms with Crippen LogP contribution in [-0.4, -0.2) is 26.6 Å². The number of hydrogen-bond donors (Lipinski definition) is 0. The molecule has 1 saturated carbocycles. The molecule has 0 radical (unpaired) electrons. The first-order valence-electron chi connectivity index (χ1n) is 12.2. The number of hydrogen-bond acceptors (Lipinski definition) is 5. The standard InChI is InChI=1S/C28H27F2N5/c1-15(2)21-14-22(33-32-21)20-9-6-10-24(31-20)28-12-11-17(27(28,3)4)16-13-23(34-35-26(16)28)25-18(29)7-5-8-19(25)30/h5-10,13,15,17H,11-12,14H2,1-4H3/t17-,28-/m0/s1. The summed E-state index contributed by atoms with van der Waals surface area (Å²) < 4.78 is 29.0. The Hall–Kier alpha value is -3.35. The molecule has 0 amide bonds. The first kappa shape index (κ1) is 22.1. The summed E-state index contributed by atoms with van der Waals surface area (Å²) in [5.41, 5.74) is 5.12. The molecule has 1 aromatic carbocycles. The van der Waals surface area contributed by atoms with E-state index in [1.807, 2.05) is 18.2 Å². The van der Waals surface area contributed by atoms with Crippen molar-refractivity contribution < 1.29 is 8.78 Å². The van der Waals surface area contributed by atoms with Crippen LogP contribution in [0.25, 0.3) is 11.3 Å². The van der Waals surface area contributed by atoms with Gasteiger partial charge in [0.1, 0.15) is 11.6 Å². The lowest BCUT2D eigenvalue weighted by Crippen LogP contribution is -2.38. The van der Waals surface area contributed by atoms with E-state index < -0.39 is 17.0 Å². The topological polar surface area (TPSA) is 63.4 Å². The van der Waals surface area contributed by atoms with E-state index in [1.165, 1.54) is 18.2 Å². The van der Waals surface area contributed by atoms with Gasteiger partial charge in [-0.1, -0.05) is 39.8 Å². The van der Waals surface area contributed by atoms with Gasteiger partial charge < -0.3 is 0 Å². The molecule has 2 bridgehead atoms. The number of benzene rings is 1. The van der Waals surface area contributed by atoms with Gasteiger partial charge >= 0.3 is 0 Å². The highest BCUT2D eigenvalue weighted by Crippen LogP contribution is 2.69. The van der Waals surface area contributed by atoms with Crippen molar-refractivity contribution in [2.75, 3.05) is 0 Å². The fraction of sp³-hybridized carbons (Fsp3) is 0.393. The lowest BCUT2D eigenvalue weighted by Gasteiger charge is -2.37. The molecule has 7 heteroatoms. The second kappa shape index (κ2) is 7.57. The Morgan fingerprint density at radius 2 is 1.69 bits per heavy atom. The monoisotopic (exact) mass is 471 g/mol. The van der Waals surface area contributed by atoms with Gasteiger partial charge in [0.15, 0.2) is 0 Å². The molecule has 0 saturated heterocycles. The van der Waals surface area contributed by atoms with Crippen molar-refractivity contribution in [3.8, 4) is 11.3 Å². The minimum absolute atomic E-state index is 0.127. The lowest BCUT2D eigenvalue weighted by atomic mass is 9.66. The number of pyridine rings is 1. The lowest BCUT2D eigenvalue weighted by molar-refractivity contribution is 0.243. The second-order valence-electron chi connectivity index (χ2n) is 10.7. The number of fused-ring (bicyclic) bond motifs is 5. The minimum atomic E-state index is -0.633. The molecule has 2 atom stereocenters. The highest BCUT2D eigenvalue weighted by molar-refractivity contribution is 6.14. The third-order valence-corrected chi connectivity index (χ3v) is 8.40. The predicted molar refractivity (Wildman–Crippen MR) is 132 cm³/mol. The zero-order chi connectivity index (χ0) is 24.5. The molecule has 5 nitrogen and oxygen atoms in total. The van der Waals surface area contributed by atoms with Crippen LogP contribution in [0.2, 0.25) is 0 Å². The fourth-order valence-corrected chi connectivity index (χ4v) is 6.42. The molecule has 3 heterocycles. The normalized spacial score (nSPS) is 24.0. The van der Waals surface area contributed by atoms with Crippen molar-refractivity contribution in [2.45, 2.75) is 58.3 Å². The van der Waals surface area contributed by atoms with E-state index in [1.54, 1.807) is 0 Å². The number of nitrogens with zero attached hydrogens (tertiary/aromatic N) is 5. The smallest absolute Gasteiger partial charge is 0.135 e. The molecule has 3 aliphatic rings. The Morgan fingerprint density at radius 1 is 0.943 bits per heavy atom. The van der Waals surface area contributed by atoms with Crippen molar-refractivity contribution in [3.05, 3.63) is 76.7 Å². The van der Waals surface area contributed by atoms with Crippen molar-refractivity contribution in [1.29, 1.82) is 0 Å². The summed E-state index contributed by atoms with van der Waals surface area (Å²) in [6, 6.07) is 11.8. The van der Waals surface area contributed by atoms with Crippen LogP contribution in [0.1, 0.15) is 75.5 Å². The Kier molecular flexibility index (Phi) is 4.79. The molecule has 3 aromatic rings. The van der Waals surface area contributed by atoms with E-state index in [0.717, 1.165) is 46.9 Å². The highest BCUT2D eigenvalue weighted by atomic mass is 19.1. The first-order chi connectivity index (χ1) is 16.7. The maximum absolute atomic E-state index is 14.5. The zero-order valence-electron chi connectivity index (χ0n) is 20.3. The van der Waals surface area contributed by atoms with Crippen molar-refractivity contribution in [3.63, 3.8) is 0 Å². The molecule has 0 N–H and O–H groups in total. The van der Waals surface area contributed by atoms with Gasteiger partial charge in [0.2, 0.25) is 0 Å². The van der Waals surface area contributed by atoms with Crippen molar-refractivity contribution >= 4 is 11.4 Å². The summed E-state index contributed by atoms with van der Waals surface area (Å²) in [5, 5.41) is 17.7. The average molecular weight is 472 g/mol. The maximum Gasteiger partial charge on any atom is 0.135 e. The van der Waals surface area contributed by atoms with Gasteiger partial charge in [-0.3, -0.25) is 4.98 Å². The van der Waals surface area contributed by atoms with Gasteiger partial charge in [0.25, 0.3) is 0 Å². The largest absolute Gasteiger partial charge is 0.250 e. The molecule has 35 heavy (non-hydrogen) atoms. The molecule has 2 aromatic heterocycles. The highest BCUT2D eigenvalue weighted by Gasteiger charge is 2.65.